The molecule has 6 nitrogen and oxygen atoms in total. The van der Waals surface area contributed by atoms with E-state index in [0.29, 0.717) is 17.7 Å². The second kappa shape index (κ2) is 7.98. The van der Waals surface area contributed by atoms with Crippen molar-refractivity contribution in [2.45, 2.75) is 6.54 Å². The summed E-state index contributed by atoms with van der Waals surface area (Å²) in [6, 6.07) is 20.9. The van der Waals surface area contributed by atoms with Crippen LogP contribution in [0.15, 0.2) is 89.6 Å². The number of benzene rings is 3. The number of rotatable bonds is 6. The van der Waals surface area contributed by atoms with Crippen LogP contribution in [0, 0.1) is 0 Å². The van der Waals surface area contributed by atoms with Crippen LogP contribution in [0.1, 0.15) is 0 Å². The van der Waals surface area contributed by atoms with E-state index in [1.165, 1.54) is 0 Å². The summed E-state index contributed by atoms with van der Waals surface area (Å²) >= 11 is 0. The Hall–Kier alpha value is -3.93. The average molecular weight is 385 g/mol. The van der Waals surface area contributed by atoms with Crippen molar-refractivity contribution in [3.8, 4) is 11.6 Å². The van der Waals surface area contributed by atoms with E-state index in [-0.39, 0.29) is 18.2 Å². The normalized spacial score (nSPS) is 11.3. The molecule has 0 saturated heterocycles. The third kappa shape index (κ3) is 3.73. The van der Waals surface area contributed by atoms with Gasteiger partial charge in [0, 0.05) is 11.9 Å². The van der Waals surface area contributed by atoms with Crippen LogP contribution in [0.2, 0.25) is 0 Å². The molecule has 6 heteroatoms. The molecule has 0 aliphatic rings. The number of allylic oxidation sites excluding steroid dienone is 1. The third-order valence-electron chi connectivity index (χ3n) is 4.57. The zero-order chi connectivity index (χ0) is 20.2. The average Bonchev–Trinajstić information content (AvgIpc) is 3.02. The molecule has 1 N–H and O–H groups in total. The summed E-state index contributed by atoms with van der Waals surface area (Å²) in [5, 5.41) is 21.0. The van der Waals surface area contributed by atoms with Gasteiger partial charge in [-0.1, -0.05) is 54.6 Å². The summed E-state index contributed by atoms with van der Waals surface area (Å²) in [6.07, 6.45) is 1.68. The zero-order valence-electron chi connectivity index (χ0n) is 15.7. The Morgan fingerprint density at radius 2 is 1.83 bits per heavy atom. The monoisotopic (exact) mass is 385 g/mol. The molecule has 4 rings (SSSR count). The highest BCUT2D eigenvalue weighted by atomic mass is 16.5. The molecule has 3 aromatic carbocycles. The van der Waals surface area contributed by atoms with Gasteiger partial charge in [-0.3, -0.25) is 4.79 Å². The summed E-state index contributed by atoms with van der Waals surface area (Å²) in [5.41, 5.74) is 1.04. The number of fused-ring (bicyclic) bond motifs is 2. The lowest BCUT2D eigenvalue weighted by Gasteiger charge is -2.04. The summed E-state index contributed by atoms with van der Waals surface area (Å²) in [4.78, 5) is 12.1. The lowest BCUT2D eigenvalue weighted by molar-refractivity contribution is -0.120. The van der Waals surface area contributed by atoms with Crippen molar-refractivity contribution in [3.63, 3.8) is 0 Å². The molecule has 0 bridgehead atoms. The number of amides is 1. The van der Waals surface area contributed by atoms with Crippen LogP contribution in [0.4, 0.5) is 5.69 Å². The Bertz CT molecular complexity index is 1240. The molecule has 1 heterocycles. The molecule has 0 unspecified atom stereocenters. The lowest BCUT2D eigenvalue weighted by atomic mass is 10.1. The maximum atomic E-state index is 12.1. The Balaban J connectivity index is 1.51. The van der Waals surface area contributed by atoms with Crippen LogP contribution in [-0.4, -0.2) is 22.2 Å². The van der Waals surface area contributed by atoms with Gasteiger partial charge in [0.1, 0.15) is 5.75 Å². The summed E-state index contributed by atoms with van der Waals surface area (Å²) in [6.45, 7) is 3.88. The Labute approximate surface area is 167 Å². The highest BCUT2D eigenvalue weighted by molar-refractivity contribution is 5.95. The van der Waals surface area contributed by atoms with E-state index < -0.39 is 5.91 Å². The van der Waals surface area contributed by atoms with Gasteiger partial charge in [0.2, 0.25) is 5.88 Å². The van der Waals surface area contributed by atoms with E-state index in [2.05, 4.69) is 16.8 Å². The molecular weight excluding hydrogens is 366 g/mol. The van der Waals surface area contributed by atoms with Gasteiger partial charge in [-0.05, 0) is 29.0 Å². The number of hydrogen-bond acceptors (Lipinski definition) is 4. The molecule has 0 atom stereocenters. The fourth-order valence-corrected chi connectivity index (χ4v) is 3.22. The molecule has 0 aliphatic carbocycles. The van der Waals surface area contributed by atoms with Crippen LogP contribution < -0.4 is 4.74 Å². The lowest BCUT2D eigenvalue weighted by Crippen LogP contribution is -2.07. The Kier molecular flexibility index (Phi) is 5.07. The zero-order valence-corrected chi connectivity index (χ0v) is 15.7. The minimum Gasteiger partial charge on any atom is -0.493 e. The van der Waals surface area contributed by atoms with Crippen molar-refractivity contribution >= 4 is 33.3 Å². The SMILES string of the molecule is C=CCn1c(O)c(N=NC(=O)COc2ccc3ccccc3c2)c2ccccc21. The smallest absolute Gasteiger partial charge is 0.302 e. The molecule has 0 spiro atoms. The number of para-hydroxylation sites is 1. The molecule has 1 aromatic heterocycles. The second-order valence-electron chi connectivity index (χ2n) is 6.48. The predicted molar refractivity (Wildman–Crippen MR) is 113 cm³/mol. The van der Waals surface area contributed by atoms with Crippen molar-refractivity contribution < 1.29 is 14.6 Å². The largest absolute Gasteiger partial charge is 0.493 e. The van der Waals surface area contributed by atoms with Gasteiger partial charge in [0.15, 0.2) is 12.3 Å². The quantitative estimate of drug-likeness (QED) is 0.358. The van der Waals surface area contributed by atoms with Crippen LogP contribution in [0.5, 0.6) is 11.6 Å². The number of hydrogen-bond donors (Lipinski definition) is 1. The molecule has 0 fully saturated rings. The Morgan fingerprint density at radius 1 is 1.07 bits per heavy atom. The molecule has 0 aliphatic heterocycles. The van der Waals surface area contributed by atoms with Crippen LogP contribution in [0.25, 0.3) is 21.7 Å². The number of carbonyl (C=O) groups excluding carboxylic acids is 1. The van der Waals surface area contributed by atoms with Gasteiger partial charge in [0.25, 0.3) is 0 Å². The first-order valence-corrected chi connectivity index (χ1v) is 9.14. The standard InChI is InChI=1S/C23H19N3O3/c1-2-13-26-20-10-6-5-9-19(20)22(23(26)28)25-24-21(27)15-29-18-12-11-16-7-3-4-8-17(16)14-18/h2-12,14,28H,1,13,15H2. The maximum absolute atomic E-state index is 12.1. The molecule has 0 radical (unpaired) electrons. The van der Waals surface area contributed by atoms with Gasteiger partial charge in [-0.2, -0.15) is 0 Å². The van der Waals surface area contributed by atoms with E-state index in [1.807, 2.05) is 66.7 Å². The van der Waals surface area contributed by atoms with Crippen molar-refractivity contribution in [1.82, 2.24) is 4.57 Å². The van der Waals surface area contributed by atoms with E-state index >= 15 is 0 Å². The number of nitrogens with zero attached hydrogens (tertiary/aromatic N) is 3. The number of aromatic hydroxyl groups is 1. The first kappa shape index (κ1) is 18.4. The minimum absolute atomic E-state index is 0.0573. The molecule has 1 amide bonds. The molecule has 4 aromatic rings. The molecular formula is C23H19N3O3. The first-order chi connectivity index (χ1) is 14.2. The predicted octanol–water partition coefficient (Wildman–Crippen LogP) is 5.38. The van der Waals surface area contributed by atoms with E-state index in [1.54, 1.807) is 10.6 Å². The van der Waals surface area contributed by atoms with Crippen molar-refractivity contribution in [2.24, 2.45) is 10.2 Å². The van der Waals surface area contributed by atoms with Gasteiger partial charge in [-0.25, -0.2) is 0 Å². The second-order valence-corrected chi connectivity index (χ2v) is 6.48. The number of ether oxygens (including phenoxy) is 1. The van der Waals surface area contributed by atoms with Crippen molar-refractivity contribution in [2.75, 3.05) is 6.61 Å². The van der Waals surface area contributed by atoms with E-state index in [9.17, 15) is 9.90 Å². The first-order valence-electron chi connectivity index (χ1n) is 9.14. The van der Waals surface area contributed by atoms with E-state index in [0.717, 1.165) is 16.3 Å². The third-order valence-corrected chi connectivity index (χ3v) is 4.57. The summed E-state index contributed by atoms with van der Waals surface area (Å²) in [5.74, 6) is -0.0195. The number of azo groups is 1. The fraction of sp³-hybridized carbons (Fsp3) is 0.0870. The van der Waals surface area contributed by atoms with Gasteiger partial charge >= 0.3 is 5.91 Å². The van der Waals surface area contributed by atoms with E-state index in [4.69, 9.17) is 4.74 Å². The van der Waals surface area contributed by atoms with Crippen LogP contribution >= 0.6 is 0 Å². The minimum atomic E-state index is -0.543. The van der Waals surface area contributed by atoms with Gasteiger partial charge in [0.05, 0.1) is 5.52 Å². The highest BCUT2D eigenvalue weighted by Gasteiger charge is 2.15. The number of carbonyl (C=O) groups is 1. The number of aromatic nitrogens is 1. The van der Waals surface area contributed by atoms with Gasteiger partial charge < -0.3 is 14.4 Å². The molecule has 0 saturated carbocycles. The van der Waals surface area contributed by atoms with Crippen LogP contribution in [0.3, 0.4) is 0 Å². The fourth-order valence-electron chi connectivity index (χ4n) is 3.22. The molecule has 144 valence electrons. The summed E-state index contributed by atoms with van der Waals surface area (Å²) < 4.78 is 7.20. The summed E-state index contributed by atoms with van der Waals surface area (Å²) in [7, 11) is 0. The van der Waals surface area contributed by atoms with Crippen molar-refractivity contribution in [3.05, 3.63) is 79.4 Å². The topological polar surface area (TPSA) is 76.2 Å². The Morgan fingerprint density at radius 3 is 2.66 bits per heavy atom. The highest BCUT2D eigenvalue weighted by Crippen LogP contribution is 2.38. The van der Waals surface area contributed by atoms with Crippen LogP contribution in [-0.2, 0) is 11.3 Å². The van der Waals surface area contributed by atoms with Crippen molar-refractivity contribution in [1.29, 1.82) is 0 Å². The maximum Gasteiger partial charge on any atom is 0.302 e. The molecule has 29 heavy (non-hydrogen) atoms. The van der Waals surface area contributed by atoms with Gasteiger partial charge in [-0.15, -0.1) is 16.8 Å².